The molecule has 0 aromatic heterocycles. The third kappa shape index (κ3) is 2.29. The fourth-order valence-corrected chi connectivity index (χ4v) is 9.79. The van der Waals surface area contributed by atoms with Crippen molar-refractivity contribution in [3.8, 4) is 0 Å². The minimum absolute atomic E-state index is 0.361. The van der Waals surface area contributed by atoms with Crippen LogP contribution in [0.4, 0.5) is 0 Å². The second-order valence-corrected chi connectivity index (χ2v) is 12.4. The maximum absolute atomic E-state index is 9.37. The Morgan fingerprint density at radius 1 is 1.14 bits per heavy atom. The van der Waals surface area contributed by atoms with Gasteiger partial charge in [0.1, 0.15) is 0 Å². The molecule has 0 unspecified atom stereocenters. The van der Waals surface area contributed by atoms with E-state index in [0.717, 1.165) is 24.2 Å². The molecule has 6 atom stereocenters. The fourth-order valence-electron chi connectivity index (χ4n) is 9.79. The summed E-state index contributed by atoms with van der Waals surface area (Å²) in [5.41, 5.74) is 5.07. The van der Waals surface area contributed by atoms with Crippen LogP contribution in [0.5, 0.6) is 0 Å². The van der Waals surface area contributed by atoms with Crippen molar-refractivity contribution < 1.29 is 5.11 Å². The first kappa shape index (κ1) is 19.4. The van der Waals surface area contributed by atoms with Crippen LogP contribution in [0.25, 0.3) is 0 Å². The molecule has 1 N–H and O–H groups in total. The number of hydrogen-bond acceptors (Lipinski definition) is 1. The van der Waals surface area contributed by atoms with Gasteiger partial charge in [0.2, 0.25) is 0 Å². The number of aliphatic hydroxyl groups excluding tert-OH is 1. The third-order valence-electron chi connectivity index (χ3n) is 10.9. The molecular formula is C27H42O. The van der Waals surface area contributed by atoms with Gasteiger partial charge < -0.3 is 5.11 Å². The molecule has 4 saturated carbocycles. The summed E-state index contributed by atoms with van der Waals surface area (Å²) in [4.78, 5) is 0. The molecule has 28 heavy (non-hydrogen) atoms. The minimum atomic E-state index is 0.361. The average molecular weight is 383 g/mol. The molecule has 0 aromatic carbocycles. The van der Waals surface area contributed by atoms with Crippen molar-refractivity contribution in [3.05, 3.63) is 23.8 Å². The molecule has 1 heteroatoms. The van der Waals surface area contributed by atoms with Gasteiger partial charge >= 0.3 is 0 Å². The van der Waals surface area contributed by atoms with E-state index < -0.39 is 0 Å². The first-order chi connectivity index (χ1) is 13.2. The molecule has 0 aromatic rings. The summed E-state index contributed by atoms with van der Waals surface area (Å²) in [5, 5.41) is 9.37. The summed E-state index contributed by atoms with van der Waals surface area (Å²) in [6, 6.07) is 0. The zero-order valence-corrected chi connectivity index (χ0v) is 18.8. The van der Waals surface area contributed by atoms with E-state index >= 15 is 0 Å². The molecule has 5 rings (SSSR count). The van der Waals surface area contributed by atoms with Gasteiger partial charge in [-0.15, -0.1) is 0 Å². The highest BCUT2D eigenvalue weighted by atomic mass is 16.2. The highest BCUT2D eigenvalue weighted by Gasteiger charge is 2.74. The largest absolute Gasteiger partial charge is 0.396 e. The molecule has 0 saturated heterocycles. The summed E-state index contributed by atoms with van der Waals surface area (Å²) >= 11 is 0. The van der Waals surface area contributed by atoms with Gasteiger partial charge in [-0.2, -0.15) is 0 Å². The van der Waals surface area contributed by atoms with Crippen molar-refractivity contribution in [1.82, 2.24) is 0 Å². The van der Waals surface area contributed by atoms with Gasteiger partial charge in [0.15, 0.2) is 0 Å². The quantitative estimate of drug-likeness (QED) is 0.561. The van der Waals surface area contributed by atoms with Crippen LogP contribution in [-0.2, 0) is 0 Å². The van der Waals surface area contributed by atoms with E-state index in [1.807, 2.05) is 5.57 Å². The Balaban J connectivity index is 1.60. The predicted octanol–water partition coefficient (Wildman–Crippen LogP) is 6.92. The standard InChI is InChI=1S/C27H42O/c1-18-15-21-25(5,23-22(18)24(23,3)4)19(2)26(11-6-7-12-26)17-27(21)13-10-20(16-27)9-8-14-28/h15,19-20,22-23,28H,1,6-14,16-17H2,2-5H3/t19-,20+,22-,23+,25-,27-/m1/s1. The molecule has 5 aliphatic carbocycles. The maximum Gasteiger partial charge on any atom is 0.0431 e. The Morgan fingerprint density at radius 3 is 2.54 bits per heavy atom. The van der Waals surface area contributed by atoms with Crippen LogP contribution < -0.4 is 0 Å². The van der Waals surface area contributed by atoms with Gasteiger partial charge in [0, 0.05) is 6.61 Å². The smallest absolute Gasteiger partial charge is 0.0431 e. The van der Waals surface area contributed by atoms with Gasteiger partial charge in [-0.3, -0.25) is 0 Å². The molecule has 2 spiro atoms. The molecule has 1 nitrogen and oxygen atoms in total. The summed E-state index contributed by atoms with van der Waals surface area (Å²) in [7, 11) is 0. The van der Waals surface area contributed by atoms with Crippen molar-refractivity contribution >= 4 is 0 Å². The molecule has 0 heterocycles. The highest BCUT2D eigenvalue weighted by molar-refractivity contribution is 5.48. The van der Waals surface area contributed by atoms with E-state index in [1.54, 1.807) is 0 Å². The van der Waals surface area contributed by atoms with E-state index in [-0.39, 0.29) is 0 Å². The van der Waals surface area contributed by atoms with Crippen molar-refractivity contribution in [2.75, 3.05) is 6.61 Å². The van der Waals surface area contributed by atoms with E-state index in [4.69, 9.17) is 0 Å². The van der Waals surface area contributed by atoms with Crippen LogP contribution >= 0.6 is 0 Å². The van der Waals surface area contributed by atoms with E-state index in [2.05, 4.69) is 40.3 Å². The lowest BCUT2D eigenvalue weighted by atomic mass is 9.42. The Hall–Kier alpha value is -0.560. The number of hydrogen-bond donors (Lipinski definition) is 1. The van der Waals surface area contributed by atoms with Crippen molar-refractivity contribution in [1.29, 1.82) is 0 Å². The lowest BCUT2D eigenvalue weighted by Crippen LogP contribution is -2.54. The van der Waals surface area contributed by atoms with E-state index in [1.165, 1.54) is 63.4 Å². The topological polar surface area (TPSA) is 20.2 Å². The molecular weight excluding hydrogens is 340 g/mol. The molecule has 0 aliphatic heterocycles. The Labute approximate surface area is 173 Å². The van der Waals surface area contributed by atoms with Crippen LogP contribution in [0.3, 0.4) is 0 Å². The van der Waals surface area contributed by atoms with Gasteiger partial charge in [-0.1, -0.05) is 64.3 Å². The molecule has 156 valence electrons. The highest BCUT2D eigenvalue weighted by Crippen LogP contribution is 2.81. The van der Waals surface area contributed by atoms with Gasteiger partial charge in [-0.25, -0.2) is 0 Å². The Morgan fingerprint density at radius 2 is 1.86 bits per heavy atom. The summed E-state index contributed by atoms with van der Waals surface area (Å²) in [5.74, 6) is 3.14. The van der Waals surface area contributed by atoms with E-state index in [9.17, 15) is 5.11 Å². The van der Waals surface area contributed by atoms with Gasteiger partial charge in [0.25, 0.3) is 0 Å². The second-order valence-electron chi connectivity index (χ2n) is 12.4. The number of rotatable bonds is 3. The zero-order valence-electron chi connectivity index (χ0n) is 18.8. The zero-order chi connectivity index (χ0) is 19.9. The van der Waals surface area contributed by atoms with Gasteiger partial charge in [0.05, 0.1) is 0 Å². The Kier molecular flexibility index (Phi) is 4.15. The van der Waals surface area contributed by atoms with Crippen LogP contribution in [0.15, 0.2) is 23.8 Å². The van der Waals surface area contributed by atoms with E-state index in [0.29, 0.717) is 34.2 Å². The monoisotopic (exact) mass is 382 g/mol. The molecule has 0 amide bonds. The summed E-state index contributed by atoms with van der Waals surface area (Å²) in [6.45, 7) is 15.3. The van der Waals surface area contributed by atoms with Crippen molar-refractivity contribution in [2.45, 2.75) is 91.9 Å². The van der Waals surface area contributed by atoms with Crippen LogP contribution in [0, 0.1) is 45.3 Å². The van der Waals surface area contributed by atoms with Crippen LogP contribution in [0.1, 0.15) is 91.9 Å². The normalized spacial score (nSPS) is 47.9. The lowest BCUT2D eigenvalue weighted by Gasteiger charge is -2.62. The number of fused-ring (bicyclic) bond motifs is 4. The molecule has 0 radical (unpaired) electrons. The fraction of sp³-hybridized carbons (Fsp3) is 0.852. The average Bonchev–Trinajstić information content (AvgIpc) is 3.00. The maximum atomic E-state index is 9.37. The van der Waals surface area contributed by atoms with Crippen molar-refractivity contribution in [3.63, 3.8) is 0 Å². The Bertz CT molecular complexity index is 708. The molecule has 0 bridgehead atoms. The SMILES string of the molecule is C=C1C=C2[C@@]3(CC[C@H](CCCO)C3)CC3(CCCC3)[C@H](C)[C@@]2(C)[C@H]2[C@@H]1C2(C)C. The third-order valence-corrected chi connectivity index (χ3v) is 10.9. The number of aliphatic hydroxyl groups is 1. The summed E-state index contributed by atoms with van der Waals surface area (Å²) in [6.07, 6.45) is 16.3. The lowest BCUT2D eigenvalue weighted by molar-refractivity contribution is -0.0476. The minimum Gasteiger partial charge on any atom is -0.396 e. The first-order valence-corrected chi connectivity index (χ1v) is 12.2. The van der Waals surface area contributed by atoms with Crippen LogP contribution in [-0.4, -0.2) is 11.7 Å². The van der Waals surface area contributed by atoms with Crippen LogP contribution in [0.2, 0.25) is 0 Å². The predicted molar refractivity (Wildman–Crippen MR) is 117 cm³/mol. The van der Waals surface area contributed by atoms with Gasteiger partial charge in [-0.05, 0) is 96.7 Å². The molecule has 4 fully saturated rings. The first-order valence-electron chi connectivity index (χ1n) is 12.2. The number of allylic oxidation sites excluding steroid dienone is 3. The van der Waals surface area contributed by atoms with Crippen molar-refractivity contribution in [2.24, 2.45) is 45.3 Å². The molecule has 5 aliphatic rings. The second kappa shape index (κ2) is 5.99. The summed E-state index contributed by atoms with van der Waals surface area (Å²) < 4.78 is 0.